The van der Waals surface area contributed by atoms with Gasteiger partial charge in [0.25, 0.3) is 0 Å². The first kappa shape index (κ1) is 20.3. The molecule has 8 heteroatoms. The van der Waals surface area contributed by atoms with Gasteiger partial charge in [0.1, 0.15) is 12.2 Å². The molecular weight excluding hydrogens is 415 g/mol. The van der Waals surface area contributed by atoms with E-state index in [1.807, 2.05) is 24.3 Å². The molecule has 0 N–H and O–H groups in total. The van der Waals surface area contributed by atoms with Crippen LogP contribution in [0.1, 0.15) is 23.1 Å². The van der Waals surface area contributed by atoms with Crippen LogP contribution in [0.3, 0.4) is 0 Å². The van der Waals surface area contributed by atoms with Crippen molar-refractivity contribution in [2.24, 2.45) is 0 Å². The second-order valence-electron chi connectivity index (χ2n) is 7.61. The fraction of sp³-hybridized carbons (Fsp3) is 0.381. The van der Waals surface area contributed by atoms with Crippen LogP contribution in [0, 0.1) is 6.92 Å². The van der Waals surface area contributed by atoms with E-state index < -0.39 is 22.2 Å². The number of rotatable bonds is 3. The van der Waals surface area contributed by atoms with E-state index in [-0.39, 0.29) is 23.8 Å². The maximum absolute atomic E-state index is 14.3. The Balaban J connectivity index is 1.61. The smallest absolute Gasteiger partial charge is 0.243 e. The molecule has 0 radical (unpaired) electrons. The molecule has 4 rings (SSSR count). The summed E-state index contributed by atoms with van der Waals surface area (Å²) < 4.78 is 41.7. The third-order valence-corrected chi connectivity index (χ3v) is 7.96. The third-order valence-electron chi connectivity index (χ3n) is 5.67. The number of hydrogen-bond donors (Lipinski definition) is 0. The zero-order valence-corrected chi connectivity index (χ0v) is 17.6. The molecule has 1 saturated heterocycles. The number of amides is 1. The normalized spacial score (nSPS) is 22.5. The van der Waals surface area contributed by atoms with Crippen molar-refractivity contribution < 1.29 is 17.6 Å². The van der Waals surface area contributed by atoms with Gasteiger partial charge in [-0.3, -0.25) is 4.79 Å². The molecule has 0 unspecified atom stereocenters. The molecule has 0 bridgehead atoms. The molecule has 2 aliphatic rings. The van der Waals surface area contributed by atoms with Crippen LogP contribution in [0.2, 0.25) is 5.02 Å². The number of carbonyl (C=O) groups excluding carboxylic acids is 1. The number of hydrogen-bond acceptors (Lipinski definition) is 3. The van der Waals surface area contributed by atoms with Crippen molar-refractivity contribution in [3.05, 3.63) is 64.2 Å². The van der Waals surface area contributed by atoms with Crippen molar-refractivity contribution >= 4 is 27.5 Å². The largest absolute Gasteiger partial charge is 0.337 e. The number of sulfonamides is 1. The Bertz CT molecular complexity index is 1060. The van der Waals surface area contributed by atoms with Crippen LogP contribution in [0.25, 0.3) is 0 Å². The van der Waals surface area contributed by atoms with Crippen LogP contribution in [0.4, 0.5) is 4.39 Å². The summed E-state index contributed by atoms with van der Waals surface area (Å²) in [5.41, 5.74) is 2.84. The summed E-state index contributed by atoms with van der Waals surface area (Å²) in [5, 5.41) is 0.452. The molecule has 2 aliphatic heterocycles. The van der Waals surface area contributed by atoms with Gasteiger partial charge in [0.05, 0.1) is 4.90 Å². The van der Waals surface area contributed by atoms with Gasteiger partial charge in [0, 0.05) is 31.1 Å². The molecule has 1 amide bonds. The molecule has 0 aliphatic carbocycles. The molecule has 0 aromatic heterocycles. The first-order chi connectivity index (χ1) is 13.8. The zero-order valence-electron chi connectivity index (χ0n) is 16.0. The minimum absolute atomic E-state index is 0.0234. The lowest BCUT2D eigenvalue weighted by molar-refractivity contribution is -0.135. The van der Waals surface area contributed by atoms with Crippen LogP contribution in [0.15, 0.2) is 47.4 Å². The van der Waals surface area contributed by atoms with Gasteiger partial charge in [-0.1, -0.05) is 35.9 Å². The van der Waals surface area contributed by atoms with Gasteiger partial charge in [-0.05, 0) is 48.2 Å². The van der Waals surface area contributed by atoms with Crippen molar-refractivity contribution in [3.8, 4) is 0 Å². The Morgan fingerprint density at radius 2 is 1.90 bits per heavy atom. The molecule has 5 nitrogen and oxygen atoms in total. The van der Waals surface area contributed by atoms with E-state index >= 15 is 0 Å². The molecule has 2 atom stereocenters. The Labute approximate surface area is 175 Å². The number of fused-ring (bicyclic) bond motifs is 1. The topological polar surface area (TPSA) is 57.7 Å². The summed E-state index contributed by atoms with van der Waals surface area (Å²) in [6.07, 6.45) is -0.788. The minimum atomic E-state index is -4.02. The van der Waals surface area contributed by atoms with Crippen LogP contribution in [0.5, 0.6) is 0 Å². The van der Waals surface area contributed by atoms with E-state index in [1.54, 1.807) is 11.8 Å². The summed E-state index contributed by atoms with van der Waals surface area (Å²) >= 11 is 6.01. The van der Waals surface area contributed by atoms with E-state index in [0.717, 1.165) is 9.87 Å². The Hall–Kier alpha value is -1.96. The summed E-state index contributed by atoms with van der Waals surface area (Å²) in [6, 6.07) is 11.2. The lowest BCUT2D eigenvalue weighted by atomic mass is 9.99. The van der Waals surface area contributed by atoms with Crippen LogP contribution in [-0.4, -0.2) is 48.8 Å². The number of halogens is 2. The number of nitrogens with zero attached hydrogens (tertiary/aromatic N) is 2. The van der Waals surface area contributed by atoms with Crippen molar-refractivity contribution in [1.82, 2.24) is 9.21 Å². The molecule has 154 valence electrons. The van der Waals surface area contributed by atoms with Crippen LogP contribution in [-0.2, 0) is 27.8 Å². The Kier molecular flexibility index (Phi) is 5.40. The minimum Gasteiger partial charge on any atom is -0.337 e. The van der Waals surface area contributed by atoms with Gasteiger partial charge in [0.2, 0.25) is 15.9 Å². The predicted octanol–water partition coefficient (Wildman–Crippen LogP) is 3.33. The Morgan fingerprint density at radius 3 is 2.62 bits per heavy atom. The van der Waals surface area contributed by atoms with Gasteiger partial charge >= 0.3 is 0 Å². The maximum Gasteiger partial charge on any atom is 0.243 e. The zero-order chi connectivity index (χ0) is 20.8. The average Bonchev–Trinajstić information content (AvgIpc) is 3.11. The van der Waals surface area contributed by atoms with Gasteiger partial charge in [0.15, 0.2) is 0 Å². The SMILES string of the molecule is Cc1cc(S(=O)(=O)N2C[C@@H](F)C[C@H]2C(=O)N2CCc3ccccc3C2)ccc1Cl. The quantitative estimate of drug-likeness (QED) is 0.741. The van der Waals surface area contributed by atoms with Crippen LogP contribution >= 0.6 is 11.6 Å². The fourth-order valence-corrected chi connectivity index (χ4v) is 5.88. The summed E-state index contributed by atoms with van der Waals surface area (Å²) in [5.74, 6) is -0.339. The number of carbonyl (C=O) groups is 1. The van der Waals surface area contributed by atoms with Gasteiger partial charge in [-0.15, -0.1) is 0 Å². The van der Waals surface area contributed by atoms with Crippen molar-refractivity contribution in [1.29, 1.82) is 0 Å². The van der Waals surface area contributed by atoms with E-state index in [0.29, 0.717) is 30.1 Å². The highest BCUT2D eigenvalue weighted by atomic mass is 35.5. The molecule has 2 aromatic carbocycles. The van der Waals surface area contributed by atoms with Gasteiger partial charge in [-0.2, -0.15) is 4.31 Å². The lowest BCUT2D eigenvalue weighted by Crippen LogP contribution is -2.49. The van der Waals surface area contributed by atoms with Crippen molar-refractivity contribution in [2.75, 3.05) is 13.1 Å². The average molecular weight is 437 g/mol. The summed E-state index contributed by atoms with van der Waals surface area (Å²) in [4.78, 5) is 14.9. The van der Waals surface area contributed by atoms with Gasteiger partial charge in [-0.25, -0.2) is 12.8 Å². The van der Waals surface area contributed by atoms with E-state index in [1.165, 1.54) is 23.8 Å². The highest BCUT2D eigenvalue weighted by Gasteiger charge is 2.45. The molecule has 2 aromatic rings. The Morgan fingerprint density at radius 1 is 1.17 bits per heavy atom. The second-order valence-corrected chi connectivity index (χ2v) is 9.91. The first-order valence-corrected chi connectivity index (χ1v) is 11.4. The summed E-state index contributed by atoms with van der Waals surface area (Å²) in [7, 11) is -4.02. The molecule has 0 saturated carbocycles. The second kappa shape index (κ2) is 7.70. The van der Waals surface area contributed by atoms with Crippen LogP contribution < -0.4 is 0 Å². The monoisotopic (exact) mass is 436 g/mol. The fourth-order valence-electron chi connectivity index (χ4n) is 4.05. The first-order valence-electron chi connectivity index (χ1n) is 9.55. The maximum atomic E-state index is 14.3. The van der Waals surface area contributed by atoms with Gasteiger partial charge < -0.3 is 4.90 Å². The molecule has 29 heavy (non-hydrogen) atoms. The number of alkyl halides is 1. The van der Waals surface area contributed by atoms with Crippen molar-refractivity contribution in [3.63, 3.8) is 0 Å². The number of aryl methyl sites for hydroxylation is 1. The highest BCUT2D eigenvalue weighted by molar-refractivity contribution is 7.89. The summed E-state index contributed by atoms with van der Waals surface area (Å²) in [6.45, 7) is 2.30. The van der Waals surface area contributed by atoms with E-state index in [4.69, 9.17) is 11.6 Å². The third kappa shape index (κ3) is 3.79. The standard InChI is InChI=1S/C21H22ClFN2O3S/c1-14-10-18(6-7-19(14)22)29(27,28)25-13-17(23)11-20(25)21(26)24-9-8-15-4-2-3-5-16(15)12-24/h2-7,10,17,20H,8-9,11-13H2,1H3/t17-,20-/m0/s1. The van der Waals surface area contributed by atoms with Crippen molar-refractivity contribution in [2.45, 2.75) is 43.4 Å². The van der Waals surface area contributed by atoms with E-state index in [2.05, 4.69) is 0 Å². The molecule has 1 fully saturated rings. The highest BCUT2D eigenvalue weighted by Crippen LogP contribution is 2.31. The lowest BCUT2D eigenvalue weighted by Gasteiger charge is -2.33. The molecule has 2 heterocycles. The van der Waals surface area contributed by atoms with E-state index in [9.17, 15) is 17.6 Å². The molecule has 0 spiro atoms. The number of benzene rings is 2. The predicted molar refractivity (Wildman–Crippen MR) is 109 cm³/mol. The molecular formula is C21H22ClFN2O3S.